The van der Waals surface area contributed by atoms with Gasteiger partial charge in [-0.3, -0.25) is 0 Å². The summed E-state index contributed by atoms with van der Waals surface area (Å²) in [6.07, 6.45) is 3.78. The number of piperidine rings is 1. The third-order valence-corrected chi connectivity index (χ3v) is 6.60. The van der Waals surface area contributed by atoms with E-state index in [2.05, 4.69) is 83.7 Å². The minimum atomic E-state index is 0.847. The van der Waals surface area contributed by atoms with Crippen LogP contribution >= 0.6 is 43.2 Å². The van der Waals surface area contributed by atoms with Crippen LogP contribution in [0.15, 0.2) is 44.0 Å². The van der Waals surface area contributed by atoms with Crippen molar-refractivity contribution in [3.05, 3.63) is 55.1 Å². The fraction of sp³-hybridized carbons (Fsp3) is 0.500. The van der Waals surface area contributed by atoms with Gasteiger partial charge in [0.05, 0.1) is 0 Å². The number of rotatable bonds is 7. The van der Waals surface area contributed by atoms with Gasteiger partial charge in [-0.25, -0.2) is 0 Å². The second kappa shape index (κ2) is 9.65. The highest BCUT2D eigenvalue weighted by Crippen LogP contribution is 2.22. The number of hydrogen-bond acceptors (Lipinski definition) is 3. The van der Waals surface area contributed by atoms with E-state index >= 15 is 0 Å². The van der Waals surface area contributed by atoms with Crippen molar-refractivity contribution in [2.75, 3.05) is 33.2 Å². The second-order valence-electron chi connectivity index (χ2n) is 7.14. The van der Waals surface area contributed by atoms with E-state index in [1.807, 2.05) is 0 Å². The molecule has 25 heavy (non-hydrogen) atoms. The smallest absolute Gasteiger partial charge is 0.0239 e. The van der Waals surface area contributed by atoms with E-state index in [0.29, 0.717) is 0 Å². The van der Waals surface area contributed by atoms with E-state index in [0.717, 1.165) is 27.8 Å². The third-order valence-electron chi connectivity index (χ3n) is 4.95. The lowest BCUT2D eigenvalue weighted by Crippen LogP contribution is -2.38. The lowest BCUT2D eigenvalue weighted by atomic mass is 9.96. The molecule has 0 radical (unpaired) electrons. The Kier molecular flexibility index (Phi) is 7.55. The Balaban J connectivity index is 1.38. The molecular weight excluding hydrogens is 460 g/mol. The van der Waals surface area contributed by atoms with Crippen LogP contribution in [-0.4, -0.2) is 43.0 Å². The van der Waals surface area contributed by atoms with Gasteiger partial charge in [-0.15, -0.1) is 0 Å². The van der Waals surface area contributed by atoms with Gasteiger partial charge in [0.15, 0.2) is 0 Å². The van der Waals surface area contributed by atoms with Crippen LogP contribution < -0.4 is 0 Å². The molecule has 1 aliphatic rings. The molecule has 0 spiro atoms. The highest BCUT2D eigenvalue weighted by Gasteiger charge is 2.20. The maximum Gasteiger partial charge on any atom is 0.0239 e. The topological polar surface area (TPSA) is 6.48 Å². The number of benzene rings is 1. The van der Waals surface area contributed by atoms with E-state index < -0.39 is 0 Å². The first-order chi connectivity index (χ1) is 12.1. The molecule has 0 bridgehead atoms. The quantitative estimate of drug-likeness (QED) is 0.499. The highest BCUT2D eigenvalue weighted by molar-refractivity contribution is 9.11. The lowest BCUT2D eigenvalue weighted by Gasteiger charge is -2.34. The van der Waals surface area contributed by atoms with Gasteiger partial charge in [0.25, 0.3) is 0 Å². The molecule has 1 fully saturated rings. The van der Waals surface area contributed by atoms with Gasteiger partial charge in [-0.1, -0.05) is 31.9 Å². The van der Waals surface area contributed by atoms with Crippen LogP contribution in [0.4, 0.5) is 0 Å². The zero-order valence-electron chi connectivity index (χ0n) is 14.8. The summed E-state index contributed by atoms with van der Waals surface area (Å²) < 4.78 is 2.31. The predicted molar refractivity (Wildman–Crippen MR) is 115 cm³/mol. The van der Waals surface area contributed by atoms with Crippen LogP contribution in [0.25, 0.3) is 0 Å². The van der Waals surface area contributed by atoms with Crippen molar-refractivity contribution in [2.45, 2.75) is 25.8 Å². The van der Waals surface area contributed by atoms with Crippen molar-refractivity contribution in [3.8, 4) is 0 Å². The zero-order chi connectivity index (χ0) is 17.6. The molecule has 0 aliphatic carbocycles. The zero-order valence-corrected chi connectivity index (χ0v) is 18.7. The van der Waals surface area contributed by atoms with Crippen molar-refractivity contribution < 1.29 is 0 Å². The highest BCUT2D eigenvalue weighted by atomic mass is 79.9. The number of halogens is 2. The number of likely N-dealkylation sites (tertiary alicyclic amines) is 1. The van der Waals surface area contributed by atoms with Crippen LogP contribution in [0.5, 0.6) is 0 Å². The molecule has 2 nitrogen and oxygen atoms in total. The van der Waals surface area contributed by atoms with E-state index in [-0.39, 0.29) is 0 Å². The second-order valence-corrected chi connectivity index (χ2v) is 9.75. The molecule has 0 unspecified atom stereocenters. The summed E-state index contributed by atoms with van der Waals surface area (Å²) in [5, 5.41) is 4.44. The van der Waals surface area contributed by atoms with Gasteiger partial charge >= 0.3 is 0 Å². The minimum Gasteiger partial charge on any atom is -0.303 e. The Morgan fingerprint density at radius 3 is 2.48 bits per heavy atom. The summed E-state index contributed by atoms with van der Waals surface area (Å²) >= 11 is 8.96. The molecule has 0 amide bonds. The Hall–Kier alpha value is -0.200. The minimum absolute atomic E-state index is 0.847. The third kappa shape index (κ3) is 6.47. The summed E-state index contributed by atoms with van der Waals surface area (Å²) in [6.45, 7) is 5.96. The molecule has 1 aromatic carbocycles. The fourth-order valence-corrected chi connectivity index (χ4v) is 5.68. The Bertz CT molecular complexity index is 631. The summed E-state index contributed by atoms with van der Waals surface area (Å²) in [6, 6.07) is 8.81. The van der Waals surface area contributed by atoms with Gasteiger partial charge in [-0.2, -0.15) is 11.3 Å². The maximum atomic E-state index is 3.58. The first-order valence-corrected chi connectivity index (χ1v) is 11.5. The first-order valence-electron chi connectivity index (χ1n) is 8.95. The monoisotopic (exact) mass is 484 g/mol. The van der Waals surface area contributed by atoms with Crippen molar-refractivity contribution in [3.63, 3.8) is 0 Å². The van der Waals surface area contributed by atoms with Crippen molar-refractivity contribution in [1.29, 1.82) is 0 Å². The molecule has 5 heteroatoms. The summed E-state index contributed by atoms with van der Waals surface area (Å²) in [4.78, 5) is 5.12. The SMILES string of the molecule is CN(Cc1ccsc1)CC1CCN(CCc2cc(Br)cc(Br)c2)CC1. The van der Waals surface area contributed by atoms with Crippen LogP contribution in [0.1, 0.15) is 24.0 Å². The molecular formula is C20H26Br2N2S. The Morgan fingerprint density at radius 1 is 1.12 bits per heavy atom. The molecule has 1 aromatic heterocycles. The normalized spacial score (nSPS) is 16.6. The molecule has 2 heterocycles. The van der Waals surface area contributed by atoms with Crippen molar-refractivity contribution in [1.82, 2.24) is 9.80 Å². The van der Waals surface area contributed by atoms with E-state index in [4.69, 9.17) is 0 Å². The Labute approximate surface area is 172 Å². The van der Waals surface area contributed by atoms with Crippen LogP contribution in [0.2, 0.25) is 0 Å². The molecule has 3 rings (SSSR count). The van der Waals surface area contributed by atoms with E-state index in [1.54, 1.807) is 11.3 Å². The number of hydrogen-bond donors (Lipinski definition) is 0. The average Bonchev–Trinajstić information content (AvgIpc) is 3.06. The average molecular weight is 486 g/mol. The molecule has 0 saturated carbocycles. The van der Waals surface area contributed by atoms with E-state index in [1.165, 1.54) is 50.1 Å². The van der Waals surface area contributed by atoms with Crippen LogP contribution in [0.3, 0.4) is 0 Å². The predicted octanol–water partition coefficient (Wildman–Crippen LogP) is 5.66. The molecule has 1 saturated heterocycles. The molecule has 2 aromatic rings. The maximum absolute atomic E-state index is 3.58. The summed E-state index contributed by atoms with van der Waals surface area (Å²) in [7, 11) is 2.26. The fourth-order valence-electron chi connectivity index (χ4n) is 3.63. The van der Waals surface area contributed by atoms with Crippen LogP contribution in [-0.2, 0) is 13.0 Å². The molecule has 1 aliphatic heterocycles. The summed E-state index contributed by atoms with van der Waals surface area (Å²) in [5.74, 6) is 0.847. The number of nitrogens with zero attached hydrogens (tertiary/aromatic N) is 2. The lowest BCUT2D eigenvalue weighted by molar-refractivity contribution is 0.153. The summed E-state index contributed by atoms with van der Waals surface area (Å²) in [5.41, 5.74) is 2.85. The van der Waals surface area contributed by atoms with Gasteiger partial charge in [0.1, 0.15) is 0 Å². The largest absolute Gasteiger partial charge is 0.303 e. The van der Waals surface area contributed by atoms with Crippen molar-refractivity contribution in [2.24, 2.45) is 5.92 Å². The van der Waals surface area contributed by atoms with Gasteiger partial charge in [-0.05, 0) is 91.5 Å². The number of thiophene rings is 1. The molecule has 0 N–H and O–H groups in total. The van der Waals surface area contributed by atoms with Gasteiger partial charge in [0.2, 0.25) is 0 Å². The van der Waals surface area contributed by atoms with Gasteiger partial charge < -0.3 is 9.80 Å². The molecule has 0 atom stereocenters. The van der Waals surface area contributed by atoms with E-state index in [9.17, 15) is 0 Å². The molecule has 136 valence electrons. The Morgan fingerprint density at radius 2 is 1.84 bits per heavy atom. The standard InChI is InChI=1S/C20H26Br2N2S/c1-23(14-18-5-9-25-15-18)13-16-2-6-24(7-3-16)8-4-17-10-19(21)12-20(22)11-17/h5,9-12,15-16H,2-4,6-8,13-14H2,1H3. The van der Waals surface area contributed by atoms with Crippen molar-refractivity contribution >= 4 is 43.2 Å². The van der Waals surface area contributed by atoms with Crippen LogP contribution in [0, 0.1) is 5.92 Å². The van der Waals surface area contributed by atoms with Gasteiger partial charge in [0, 0.05) is 28.6 Å². The first kappa shape index (κ1) is 19.6.